The minimum atomic E-state index is -0.134. The van der Waals surface area contributed by atoms with Crippen molar-refractivity contribution in [2.45, 2.75) is 46.1 Å². The third-order valence-electron chi connectivity index (χ3n) is 3.51. The SMILES string of the molecule is CC(C)Oc1ccccc1NC(=O)c1ccc(C(C)(C)C)cc1. The van der Waals surface area contributed by atoms with Crippen molar-refractivity contribution < 1.29 is 9.53 Å². The van der Waals surface area contributed by atoms with Crippen LogP contribution in [-0.2, 0) is 5.41 Å². The molecule has 2 aromatic rings. The first-order chi connectivity index (χ1) is 10.8. The van der Waals surface area contributed by atoms with E-state index in [1.165, 1.54) is 5.56 Å². The van der Waals surface area contributed by atoms with Crippen molar-refractivity contribution in [2.24, 2.45) is 0 Å². The molecule has 0 saturated heterocycles. The first-order valence-electron chi connectivity index (χ1n) is 7.95. The van der Waals surface area contributed by atoms with Crippen LogP contribution in [0.5, 0.6) is 5.75 Å². The summed E-state index contributed by atoms with van der Waals surface area (Å²) in [5.41, 5.74) is 2.60. The van der Waals surface area contributed by atoms with Crippen LogP contribution in [0.2, 0.25) is 0 Å². The molecule has 2 rings (SSSR count). The second-order valence-corrected chi connectivity index (χ2v) is 6.94. The van der Waals surface area contributed by atoms with Crippen LogP contribution in [-0.4, -0.2) is 12.0 Å². The number of nitrogens with one attached hydrogen (secondary N) is 1. The first kappa shape index (κ1) is 17.1. The zero-order valence-corrected chi connectivity index (χ0v) is 14.5. The number of hydrogen-bond acceptors (Lipinski definition) is 2. The van der Waals surface area contributed by atoms with Crippen molar-refractivity contribution in [3.05, 3.63) is 59.7 Å². The molecule has 0 aliphatic carbocycles. The van der Waals surface area contributed by atoms with Crippen molar-refractivity contribution in [1.82, 2.24) is 0 Å². The zero-order chi connectivity index (χ0) is 17.0. The van der Waals surface area contributed by atoms with E-state index in [9.17, 15) is 4.79 Å². The molecule has 122 valence electrons. The number of hydrogen-bond donors (Lipinski definition) is 1. The summed E-state index contributed by atoms with van der Waals surface area (Å²) in [6.45, 7) is 10.4. The molecule has 0 radical (unpaired) electrons. The van der Waals surface area contributed by atoms with E-state index in [2.05, 4.69) is 26.1 Å². The van der Waals surface area contributed by atoms with E-state index >= 15 is 0 Å². The van der Waals surface area contributed by atoms with E-state index in [0.717, 1.165) is 0 Å². The number of rotatable bonds is 4. The molecule has 0 spiro atoms. The highest BCUT2D eigenvalue weighted by Crippen LogP contribution is 2.26. The highest BCUT2D eigenvalue weighted by molar-refractivity contribution is 6.05. The van der Waals surface area contributed by atoms with Gasteiger partial charge in [0.15, 0.2) is 0 Å². The van der Waals surface area contributed by atoms with E-state index in [1.54, 1.807) is 0 Å². The van der Waals surface area contributed by atoms with Gasteiger partial charge in [0.25, 0.3) is 5.91 Å². The summed E-state index contributed by atoms with van der Waals surface area (Å²) >= 11 is 0. The molecule has 2 aromatic carbocycles. The molecule has 0 aromatic heterocycles. The first-order valence-corrected chi connectivity index (χ1v) is 7.95. The predicted octanol–water partition coefficient (Wildman–Crippen LogP) is 5.02. The van der Waals surface area contributed by atoms with Crippen molar-refractivity contribution in [3.8, 4) is 5.75 Å². The van der Waals surface area contributed by atoms with Crippen LogP contribution in [0.4, 0.5) is 5.69 Å². The van der Waals surface area contributed by atoms with Gasteiger partial charge in [0.2, 0.25) is 0 Å². The lowest BCUT2D eigenvalue weighted by Gasteiger charge is -2.19. The number of carbonyl (C=O) groups excluding carboxylic acids is 1. The minimum Gasteiger partial charge on any atom is -0.489 e. The maximum Gasteiger partial charge on any atom is 0.255 e. The molecule has 3 nitrogen and oxygen atoms in total. The molecule has 1 amide bonds. The van der Waals surface area contributed by atoms with Crippen molar-refractivity contribution >= 4 is 11.6 Å². The van der Waals surface area contributed by atoms with Crippen LogP contribution in [0.1, 0.15) is 50.5 Å². The molecular formula is C20H25NO2. The van der Waals surface area contributed by atoms with Crippen molar-refractivity contribution in [2.75, 3.05) is 5.32 Å². The minimum absolute atomic E-state index is 0.0547. The molecule has 3 heteroatoms. The van der Waals surface area contributed by atoms with E-state index in [4.69, 9.17) is 4.74 Å². The van der Waals surface area contributed by atoms with Gasteiger partial charge < -0.3 is 10.1 Å². The van der Waals surface area contributed by atoms with Gasteiger partial charge in [-0.2, -0.15) is 0 Å². The second-order valence-electron chi connectivity index (χ2n) is 6.94. The molecule has 0 aliphatic heterocycles. The van der Waals surface area contributed by atoms with Gasteiger partial charge in [-0.1, -0.05) is 45.0 Å². The molecule has 0 bridgehead atoms. The fourth-order valence-electron chi connectivity index (χ4n) is 2.24. The highest BCUT2D eigenvalue weighted by Gasteiger charge is 2.15. The lowest BCUT2D eigenvalue weighted by atomic mass is 9.87. The molecule has 0 saturated carbocycles. The van der Waals surface area contributed by atoms with Crippen LogP contribution >= 0.6 is 0 Å². The van der Waals surface area contributed by atoms with Crippen LogP contribution < -0.4 is 10.1 Å². The number of para-hydroxylation sites is 2. The Morgan fingerprint density at radius 3 is 2.17 bits per heavy atom. The van der Waals surface area contributed by atoms with Crippen LogP contribution in [0.15, 0.2) is 48.5 Å². The van der Waals surface area contributed by atoms with Gasteiger partial charge in [0.1, 0.15) is 5.75 Å². The fraction of sp³-hybridized carbons (Fsp3) is 0.350. The Bertz CT molecular complexity index is 667. The molecule has 0 heterocycles. The van der Waals surface area contributed by atoms with Gasteiger partial charge in [-0.25, -0.2) is 0 Å². The van der Waals surface area contributed by atoms with Gasteiger partial charge in [0.05, 0.1) is 11.8 Å². The number of amides is 1. The monoisotopic (exact) mass is 311 g/mol. The molecule has 0 atom stereocenters. The normalized spacial score (nSPS) is 11.4. The van der Waals surface area contributed by atoms with Gasteiger partial charge in [-0.05, 0) is 49.1 Å². The number of carbonyl (C=O) groups is 1. The maximum atomic E-state index is 12.4. The van der Waals surface area contributed by atoms with E-state index < -0.39 is 0 Å². The summed E-state index contributed by atoms with van der Waals surface area (Å²) in [6.07, 6.45) is 0.0547. The Hall–Kier alpha value is -2.29. The van der Waals surface area contributed by atoms with Gasteiger partial charge in [0, 0.05) is 5.56 Å². The molecule has 0 unspecified atom stereocenters. The standard InChI is InChI=1S/C20H25NO2/c1-14(2)23-18-9-7-6-8-17(18)21-19(22)15-10-12-16(13-11-15)20(3,4)5/h6-14H,1-5H3,(H,21,22). The smallest absolute Gasteiger partial charge is 0.255 e. The summed E-state index contributed by atoms with van der Waals surface area (Å²) in [7, 11) is 0. The van der Waals surface area contributed by atoms with Crippen LogP contribution in [0.3, 0.4) is 0 Å². The molecule has 23 heavy (non-hydrogen) atoms. The lowest BCUT2D eigenvalue weighted by molar-refractivity contribution is 0.102. The highest BCUT2D eigenvalue weighted by atomic mass is 16.5. The fourth-order valence-corrected chi connectivity index (χ4v) is 2.24. The third-order valence-corrected chi connectivity index (χ3v) is 3.51. The molecule has 0 aliphatic rings. The number of anilines is 1. The Morgan fingerprint density at radius 2 is 1.61 bits per heavy atom. The molecule has 0 fully saturated rings. The summed E-state index contributed by atoms with van der Waals surface area (Å²) in [5.74, 6) is 0.549. The Kier molecular flexibility index (Phi) is 5.09. The van der Waals surface area contributed by atoms with E-state index in [1.807, 2.05) is 62.4 Å². The van der Waals surface area contributed by atoms with Crippen molar-refractivity contribution in [1.29, 1.82) is 0 Å². The maximum absolute atomic E-state index is 12.4. The van der Waals surface area contributed by atoms with Crippen LogP contribution in [0.25, 0.3) is 0 Å². The lowest BCUT2D eigenvalue weighted by Crippen LogP contribution is -2.15. The molecular weight excluding hydrogens is 286 g/mol. The second kappa shape index (κ2) is 6.86. The van der Waals surface area contributed by atoms with Gasteiger partial charge >= 0.3 is 0 Å². The van der Waals surface area contributed by atoms with Crippen LogP contribution in [0, 0.1) is 0 Å². The van der Waals surface area contributed by atoms with Crippen molar-refractivity contribution in [3.63, 3.8) is 0 Å². The topological polar surface area (TPSA) is 38.3 Å². The molecule has 1 N–H and O–H groups in total. The average Bonchev–Trinajstić information content (AvgIpc) is 2.48. The third kappa shape index (κ3) is 4.59. The zero-order valence-electron chi connectivity index (χ0n) is 14.5. The summed E-state index contributed by atoms with van der Waals surface area (Å²) in [5, 5.41) is 2.93. The number of ether oxygens (including phenoxy) is 1. The Morgan fingerprint density at radius 1 is 1.00 bits per heavy atom. The quantitative estimate of drug-likeness (QED) is 0.860. The average molecular weight is 311 g/mol. The summed E-state index contributed by atoms with van der Waals surface area (Å²) < 4.78 is 5.73. The largest absolute Gasteiger partial charge is 0.489 e. The Labute approximate surface area is 138 Å². The summed E-state index contributed by atoms with van der Waals surface area (Å²) in [6, 6.07) is 15.2. The number of benzene rings is 2. The summed E-state index contributed by atoms with van der Waals surface area (Å²) in [4.78, 5) is 12.4. The van der Waals surface area contributed by atoms with E-state index in [-0.39, 0.29) is 17.4 Å². The Balaban J connectivity index is 2.16. The predicted molar refractivity (Wildman–Crippen MR) is 95.3 cm³/mol. The van der Waals surface area contributed by atoms with Gasteiger partial charge in [-0.3, -0.25) is 4.79 Å². The van der Waals surface area contributed by atoms with Gasteiger partial charge in [-0.15, -0.1) is 0 Å². The van der Waals surface area contributed by atoms with E-state index in [0.29, 0.717) is 17.0 Å².